The summed E-state index contributed by atoms with van der Waals surface area (Å²) in [6.45, 7) is 3.31. The van der Waals surface area contributed by atoms with E-state index in [2.05, 4.69) is 15.4 Å². The van der Waals surface area contributed by atoms with Crippen LogP contribution in [-0.2, 0) is 11.3 Å². The van der Waals surface area contributed by atoms with E-state index in [1.807, 2.05) is 13.0 Å². The Morgan fingerprint density at radius 2 is 2.09 bits per heavy atom. The van der Waals surface area contributed by atoms with Crippen LogP contribution in [0.15, 0.2) is 28.8 Å². The Hall–Kier alpha value is -1.56. The molecule has 23 heavy (non-hydrogen) atoms. The van der Waals surface area contributed by atoms with Crippen molar-refractivity contribution in [3.05, 3.63) is 45.8 Å². The predicted molar refractivity (Wildman–Crippen MR) is 89.8 cm³/mol. The third-order valence-corrected chi connectivity index (χ3v) is 4.27. The van der Waals surface area contributed by atoms with E-state index >= 15 is 0 Å². The summed E-state index contributed by atoms with van der Waals surface area (Å²) in [4.78, 5) is 14.7. The summed E-state index contributed by atoms with van der Waals surface area (Å²) in [5.41, 5.74) is 1.45. The van der Waals surface area contributed by atoms with Gasteiger partial charge >= 0.3 is 0 Å². The second-order valence-corrected chi connectivity index (χ2v) is 6.58. The molecule has 0 aliphatic carbocycles. The Morgan fingerprint density at radius 3 is 2.74 bits per heavy atom. The van der Waals surface area contributed by atoms with Crippen molar-refractivity contribution in [2.75, 3.05) is 11.9 Å². The number of amides is 1. The molecule has 3 rings (SSSR count). The number of hydrogen-bond donors (Lipinski definition) is 1. The van der Waals surface area contributed by atoms with Crippen molar-refractivity contribution in [1.82, 2.24) is 10.1 Å². The van der Waals surface area contributed by atoms with Crippen molar-refractivity contribution < 1.29 is 9.32 Å². The second-order valence-electron chi connectivity index (χ2n) is 5.71. The zero-order valence-corrected chi connectivity index (χ0v) is 14.2. The predicted octanol–water partition coefficient (Wildman–Crippen LogP) is 3.89. The number of nitrogens with zero attached hydrogens (tertiary/aromatic N) is 2. The Balaban J connectivity index is 1.67. The maximum absolute atomic E-state index is 12.6. The van der Waals surface area contributed by atoms with Crippen molar-refractivity contribution in [2.24, 2.45) is 0 Å². The third kappa shape index (κ3) is 4.05. The van der Waals surface area contributed by atoms with Crippen LogP contribution in [0.3, 0.4) is 0 Å². The molecule has 0 radical (unpaired) electrons. The van der Waals surface area contributed by atoms with E-state index in [4.69, 9.17) is 27.7 Å². The number of rotatable bonds is 4. The van der Waals surface area contributed by atoms with Gasteiger partial charge in [0.05, 0.1) is 18.3 Å². The van der Waals surface area contributed by atoms with Gasteiger partial charge in [-0.2, -0.15) is 0 Å². The minimum absolute atomic E-state index is 0.0583. The number of halogens is 2. The fourth-order valence-electron chi connectivity index (χ4n) is 2.85. The van der Waals surface area contributed by atoms with E-state index in [1.165, 1.54) is 0 Å². The Bertz CT molecular complexity index is 697. The van der Waals surface area contributed by atoms with Crippen LogP contribution >= 0.6 is 23.2 Å². The maximum Gasteiger partial charge on any atom is 0.241 e. The van der Waals surface area contributed by atoms with Gasteiger partial charge in [-0.3, -0.25) is 9.69 Å². The monoisotopic (exact) mass is 353 g/mol. The highest BCUT2D eigenvalue weighted by molar-refractivity contribution is 6.35. The molecule has 122 valence electrons. The lowest BCUT2D eigenvalue weighted by Gasteiger charge is -2.22. The fourth-order valence-corrected chi connectivity index (χ4v) is 3.38. The smallest absolute Gasteiger partial charge is 0.241 e. The summed E-state index contributed by atoms with van der Waals surface area (Å²) in [6, 6.07) is 6.70. The molecule has 1 aliphatic heterocycles. The number of anilines is 1. The molecule has 5 nitrogen and oxygen atoms in total. The number of hydrogen-bond acceptors (Lipinski definition) is 4. The molecule has 2 aromatic rings. The maximum atomic E-state index is 12.6. The van der Waals surface area contributed by atoms with Gasteiger partial charge in [0.25, 0.3) is 0 Å². The first-order chi connectivity index (χ1) is 11.0. The van der Waals surface area contributed by atoms with Crippen LogP contribution in [0.25, 0.3) is 0 Å². The van der Waals surface area contributed by atoms with Crippen molar-refractivity contribution in [3.8, 4) is 0 Å². The van der Waals surface area contributed by atoms with Gasteiger partial charge in [-0.1, -0.05) is 28.4 Å². The van der Waals surface area contributed by atoms with E-state index in [9.17, 15) is 4.79 Å². The highest BCUT2D eigenvalue weighted by atomic mass is 35.5. The Kier molecular flexibility index (Phi) is 4.90. The van der Waals surface area contributed by atoms with E-state index in [1.54, 1.807) is 18.2 Å². The van der Waals surface area contributed by atoms with Crippen LogP contribution in [0, 0.1) is 6.92 Å². The number of nitrogens with one attached hydrogen (secondary N) is 1. The molecule has 0 spiro atoms. The van der Waals surface area contributed by atoms with Crippen LogP contribution in [0.5, 0.6) is 0 Å². The molecular formula is C16H17Cl2N3O2. The Morgan fingerprint density at radius 1 is 1.35 bits per heavy atom. The molecular weight excluding hydrogens is 337 g/mol. The summed E-state index contributed by atoms with van der Waals surface area (Å²) in [5.74, 6) is 0.713. The highest BCUT2D eigenvalue weighted by Gasteiger charge is 2.31. The summed E-state index contributed by atoms with van der Waals surface area (Å²) in [5, 5.41) is 7.76. The first-order valence-electron chi connectivity index (χ1n) is 7.44. The molecule has 0 saturated carbocycles. The minimum atomic E-state index is -0.196. The topological polar surface area (TPSA) is 58.4 Å². The van der Waals surface area contributed by atoms with Gasteiger partial charge in [0.15, 0.2) is 5.76 Å². The molecule has 1 aliphatic rings. The summed E-state index contributed by atoms with van der Waals surface area (Å²) >= 11 is 11.9. The van der Waals surface area contributed by atoms with Crippen LogP contribution in [0.4, 0.5) is 5.69 Å². The first kappa shape index (κ1) is 16.3. The quantitative estimate of drug-likeness (QED) is 0.905. The molecule has 1 amide bonds. The van der Waals surface area contributed by atoms with Crippen LogP contribution in [0.2, 0.25) is 10.0 Å². The molecule has 7 heteroatoms. The van der Waals surface area contributed by atoms with E-state index in [0.717, 1.165) is 30.8 Å². The van der Waals surface area contributed by atoms with Gasteiger partial charge < -0.3 is 9.84 Å². The lowest BCUT2D eigenvalue weighted by Crippen LogP contribution is -2.39. The molecule has 1 N–H and O–H groups in total. The van der Waals surface area contributed by atoms with Crippen LogP contribution < -0.4 is 5.32 Å². The van der Waals surface area contributed by atoms with Gasteiger partial charge in [-0.25, -0.2) is 0 Å². The molecule has 1 atom stereocenters. The standard InChI is InChI=1S/C16H17Cl2N3O2/c1-10-5-14(23-20-10)9-21-4-2-3-15(21)16(22)19-13-7-11(17)6-12(18)8-13/h5-8,15H,2-4,9H2,1H3,(H,19,22)/t15-/m1/s1. The molecule has 0 unspecified atom stereocenters. The average Bonchev–Trinajstić information content (AvgIpc) is 3.07. The molecule has 1 aromatic heterocycles. The second kappa shape index (κ2) is 6.91. The SMILES string of the molecule is Cc1cc(CN2CCC[C@@H]2C(=O)Nc2cc(Cl)cc(Cl)c2)on1. The van der Waals surface area contributed by atoms with Gasteiger partial charge in [0.1, 0.15) is 0 Å². The van der Waals surface area contributed by atoms with Gasteiger partial charge in [-0.15, -0.1) is 0 Å². The largest absolute Gasteiger partial charge is 0.360 e. The van der Waals surface area contributed by atoms with Crippen molar-refractivity contribution in [2.45, 2.75) is 32.4 Å². The molecule has 0 bridgehead atoms. The molecule has 1 saturated heterocycles. The molecule has 1 aromatic carbocycles. The van der Waals surface area contributed by atoms with Crippen molar-refractivity contribution in [3.63, 3.8) is 0 Å². The number of aryl methyl sites for hydroxylation is 1. The zero-order valence-electron chi connectivity index (χ0n) is 12.7. The van der Waals surface area contributed by atoms with E-state index in [-0.39, 0.29) is 11.9 Å². The van der Waals surface area contributed by atoms with Crippen molar-refractivity contribution >= 4 is 34.8 Å². The summed E-state index contributed by atoms with van der Waals surface area (Å²) < 4.78 is 5.25. The number of aromatic nitrogens is 1. The minimum Gasteiger partial charge on any atom is -0.360 e. The first-order valence-corrected chi connectivity index (χ1v) is 8.20. The van der Waals surface area contributed by atoms with Gasteiger partial charge in [0.2, 0.25) is 5.91 Å². The van der Waals surface area contributed by atoms with Gasteiger partial charge in [0, 0.05) is 21.8 Å². The molecule has 2 heterocycles. The number of carbonyl (C=O) groups is 1. The van der Waals surface area contributed by atoms with E-state index < -0.39 is 0 Å². The summed E-state index contributed by atoms with van der Waals surface area (Å²) in [6.07, 6.45) is 1.79. The lowest BCUT2D eigenvalue weighted by atomic mass is 10.2. The Labute approximate surface area is 144 Å². The van der Waals surface area contributed by atoms with Crippen LogP contribution in [0.1, 0.15) is 24.3 Å². The van der Waals surface area contributed by atoms with Gasteiger partial charge in [-0.05, 0) is 44.5 Å². The normalized spacial score (nSPS) is 18.3. The lowest BCUT2D eigenvalue weighted by molar-refractivity contribution is -0.120. The van der Waals surface area contributed by atoms with E-state index in [0.29, 0.717) is 22.3 Å². The molecule has 1 fully saturated rings. The highest BCUT2D eigenvalue weighted by Crippen LogP contribution is 2.25. The van der Waals surface area contributed by atoms with Crippen LogP contribution in [-0.4, -0.2) is 28.6 Å². The third-order valence-electron chi connectivity index (χ3n) is 3.83. The average molecular weight is 354 g/mol. The van der Waals surface area contributed by atoms with Crippen molar-refractivity contribution in [1.29, 1.82) is 0 Å². The number of carbonyl (C=O) groups excluding carboxylic acids is 1. The number of likely N-dealkylation sites (tertiary alicyclic amines) is 1. The fraction of sp³-hybridized carbons (Fsp3) is 0.375. The summed E-state index contributed by atoms with van der Waals surface area (Å²) in [7, 11) is 0. The number of benzene rings is 1. The zero-order chi connectivity index (χ0) is 16.4.